The summed E-state index contributed by atoms with van der Waals surface area (Å²) in [7, 11) is -7.96. The van der Waals surface area contributed by atoms with Crippen molar-refractivity contribution in [1.82, 2.24) is 15.6 Å². The van der Waals surface area contributed by atoms with Crippen molar-refractivity contribution < 1.29 is 33.5 Å². The van der Waals surface area contributed by atoms with Crippen molar-refractivity contribution in [3.63, 3.8) is 0 Å². The van der Waals surface area contributed by atoms with Crippen LogP contribution in [0.3, 0.4) is 0 Å². The molecule has 1 aliphatic heterocycles. The fraction of sp³-hybridized carbons (Fsp3) is 0.833. The van der Waals surface area contributed by atoms with Crippen molar-refractivity contribution in [3.05, 3.63) is 0 Å². The molecule has 0 atom stereocenters. The predicted molar refractivity (Wildman–Crippen MR) is 59.7 cm³/mol. The summed E-state index contributed by atoms with van der Waals surface area (Å²) in [6.07, 6.45) is -0.978. The van der Waals surface area contributed by atoms with E-state index < -0.39 is 32.5 Å². The standard InChI is InChI=1S/C6H15N3O7P2/c1-7-8(2)9-5(10)3-4-6(9,17(11,12)13)18(14,15)16/h7H,3-4H2,1-2H3,(H2,11,12,13)(H2,14,15,16). The Bertz CT molecular complexity index is 420. The van der Waals surface area contributed by atoms with E-state index in [0.717, 1.165) is 5.12 Å². The topological polar surface area (TPSA) is 151 Å². The van der Waals surface area contributed by atoms with Crippen LogP contribution < -0.4 is 5.43 Å². The van der Waals surface area contributed by atoms with Crippen molar-refractivity contribution in [2.45, 2.75) is 17.9 Å². The van der Waals surface area contributed by atoms with Gasteiger partial charge in [0.2, 0.25) is 5.91 Å². The van der Waals surface area contributed by atoms with E-state index in [-0.39, 0.29) is 6.42 Å². The van der Waals surface area contributed by atoms with E-state index in [0.29, 0.717) is 5.01 Å². The van der Waals surface area contributed by atoms with Gasteiger partial charge in [0.25, 0.3) is 5.02 Å². The zero-order chi connectivity index (χ0) is 14.4. The summed E-state index contributed by atoms with van der Waals surface area (Å²) in [5.41, 5.74) is 2.39. The van der Waals surface area contributed by atoms with Gasteiger partial charge >= 0.3 is 15.2 Å². The van der Waals surface area contributed by atoms with Crippen LogP contribution in [-0.4, -0.2) is 54.7 Å². The van der Waals surface area contributed by atoms with Gasteiger partial charge in [-0.1, -0.05) is 0 Å². The highest BCUT2D eigenvalue weighted by molar-refractivity contribution is 7.72. The number of rotatable bonds is 4. The van der Waals surface area contributed by atoms with Crippen LogP contribution in [0.15, 0.2) is 0 Å². The zero-order valence-corrected chi connectivity index (χ0v) is 11.5. The zero-order valence-electron chi connectivity index (χ0n) is 9.72. The molecule has 0 aromatic rings. The third kappa shape index (κ3) is 2.15. The first-order chi connectivity index (χ1) is 7.99. The fourth-order valence-electron chi connectivity index (χ4n) is 1.90. The minimum atomic E-state index is -5.27. The first-order valence-electron chi connectivity index (χ1n) is 4.84. The van der Waals surface area contributed by atoms with E-state index in [1.165, 1.54) is 14.1 Å². The highest BCUT2D eigenvalue weighted by atomic mass is 31.2. The van der Waals surface area contributed by atoms with Crippen molar-refractivity contribution in [1.29, 1.82) is 0 Å². The summed E-state index contributed by atoms with van der Waals surface area (Å²) in [6.45, 7) is 0. The SMILES string of the molecule is CNN(C)N1C(=O)CCC1(P(=O)(O)O)P(=O)(O)O. The van der Waals surface area contributed by atoms with E-state index in [1.54, 1.807) is 0 Å². The van der Waals surface area contributed by atoms with Gasteiger partial charge in [-0.05, 0) is 0 Å². The molecule has 1 rings (SSSR count). The highest BCUT2D eigenvalue weighted by Gasteiger charge is 2.69. The van der Waals surface area contributed by atoms with Gasteiger partial charge in [-0.2, -0.15) is 5.12 Å². The number of amides is 1. The van der Waals surface area contributed by atoms with E-state index >= 15 is 0 Å². The molecule has 1 fully saturated rings. The van der Waals surface area contributed by atoms with Gasteiger partial charge in [-0.15, -0.1) is 0 Å². The second-order valence-corrected chi connectivity index (χ2v) is 7.82. The van der Waals surface area contributed by atoms with Crippen LogP contribution in [0, 0.1) is 0 Å². The molecule has 0 radical (unpaired) electrons. The normalized spacial score (nSPS) is 20.8. The first kappa shape index (κ1) is 15.7. The molecule has 0 saturated carbocycles. The number of hydrazine groups is 2. The second-order valence-electron chi connectivity index (χ2n) is 3.82. The number of carbonyl (C=O) groups excluding carboxylic acids is 1. The maximum Gasteiger partial charge on any atom is 0.365 e. The Morgan fingerprint density at radius 2 is 1.72 bits per heavy atom. The van der Waals surface area contributed by atoms with Crippen LogP contribution >= 0.6 is 15.2 Å². The number of nitrogens with zero attached hydrogens (tertiary/aromatic N) is 2. The summed E-state index contributed by atoms with van der Waals surface area (Å²) >= 11 is 0. The van der Waals surface area contributed by atoms with Gasteiger partial charge in [0.05, 0.1) is 0 Å². The van der Waals surface area contributed by atoms with Gasteiger partial charge < -0.3 is 19.6 Å². The third-order valence-electron chi connectivity index (χ3n) is 2.81. The van der Waals surface area contributed by atoms with Crippen LogP contribution in [0.2, 0.25) is 0 Å². The van der Waals surface area contributed by atoms with E-state index in [4.69, 9.17) is 0 Å². The molecule has 0 aromatic heterocycles. The maximum absolute atomic E-state index is 11.6. The largest absolute Gasteiger partial charge is 0.365 e. The minimum Gasteiger partial charge on any atom is -0.322 e. The summed E-state index contributed by atoms with van der Waals surface area (Å²) in [5, 5.41) is -1.57. The van der Waals surface area contributed by atoms with E-state index in [1.807, 2.05) is 0 Å². The molecule has 1 amide bonds. The van der Waals surface area contributed by atoms with Crippen molar-refractivity contribution in [2.75, 3.05) is 14.1 Å². The molecule has 1 aliphatic rings. The molecule has 5 N–H and O–H groups in total. The van der Waals surface area contributed by atoms with Crippen LogP contribution in [-0.2, 0) is 13.9 Å². The van der Waals surface area contributed by atoms with Crippen molar-refractivity contribution in [3.8, 4) is 0 Å². The Balaban J connectivity index is 3.49. The van der Waals surface area contributed by atoms with E-state index in [2.05, 4.69) is 5.43 Å². The summed E-state index contributed by atoms with van der Waals surface area (Å²) in [6, 6.07) is 0. The fourth-order valence-corrected chi connectivity index (χ4v) is 5.05. The van der Waals surface area contributed by atoms with Gasteiger partial charge in [0.1, 0.15) is 0 Å². The summed E-state index contributed by atoms with van der Waals surface area (Å²) in [5.74, 6) is -0.779. The van der Waals surface area contributed by atoms with Crippen molar-refractivity contribution in [2.24, 2.45) is 0 Å². The molecule has 10 nitrogen and oxygen atoms in total. The maximum atomic E-state index is 11.6. The van der Waals surface area contributed by atoms with Crippen LogP contribution in [0.4, 0.5) is 0 Å². The third-order valence-corrected chi connectivity index (χ3v) is 7.06. The molecule has 1 saturated heterocycles. The average Bonchev–Trinajstić information content (AvgIpc) is 2.54. The number of hydrogen-bond acceptors (Lipinski definition) is 5. The second kappa shape index (κ2) is 4.66. The predicted octanol–water partition coefficient (Wildman–Crippen LogP) is -1.40. The molecule has 18 heavy (non-hydrogen) atoms. The molecule has 1 heterocycles. The number of nitrogens with one attached hydrogen (secondary N) is 1. The molecule has 106 valence electrons. The number of carbonyl (C=O) groups is 1. The Morgan fingerprint density at radius 1 is 1.28 bits per heavy atom. The highest BCUT2D eigenvalue weighted by Crippen LogP contribution is 2.74. The van der Waals surface area contributed by atoms with Gasteiger partial charge in [0, 0.05) is 26.9 Å². The van der Waals surface area contributed by atoms with Crippen LogP contribution in [0.1, 0.15) is 12.8 Å². The smallest absolute Gasteiger partial charge is 0.322 e. The molecule has 0 aliphatic carbocycles. The lowest BCUT2D eigenvalue weighted by Crippen LogP contribution is -2.57. The average molecular weight is 303 g/mol. The summed E-state index contributed by atoms with van der Waals surface area (Å²) in [4.78, 5) is 48.9. The molecule has 0 bridgehead atoms. The minimum absolute atomic E-state index is 0.359. The molecular formula is C6H15N3O7P2. The molecule has 0 aromatic carbocycles. The molecule has 0 unspecified atom stereocenters. The van der Waals surface area contributed by atoms with Crippen molar-refractivity contribution >= 4 is 21.1 Å². The van der Waals surface area contributed by atoms with Crippen LogP contribution in [0.5, 0.6) is 0 Å². The van der Waals surface area contributed by atoms with Gasteiger partial charge in [0.15, 0.2) is 0 Å². The lowest BCUT2D eigenvalue weighted by atomic mass is 10.4. The quantitative estimate of drug-likeness (QED) is 0.312. The van der Waals surface area contributed by atoms with E-state index in [9.17, 15) is 33.5 Å². The molecular weight excluding hydrogens is 288 g/mol. The lowest BCUT2D eigenvalue weighted by Gasteiger charge is -2.41. The Labute approximate surface area is 103 Å². The Kier molecular flexibility index (Phi) is 4.08. The molecule has 0 spiro atoms. The first-order valence-corrected chi connectivity index (χ1v) is 8.07. The van der Waals surface area contributed by atoms with Crippen LogP contribution in [0.25, 0.3) is 0 Å². The van der Waals surface area contributed by atoms with Gasteiger partial charge in [-0.25, -0.2) is 10.4 Å². The Morgan fingerprint density at radius 3 is 2.06 bits per heavy atom. The monoisotopic (exact) mass is 303 g/mol. The summed E-state index contributed by atoms with van der Waals surface area (Å²) < 4.78 is 23.1. The van der Waals surface area contributed by atoms with Gasteiger partial charge in [-0.3, -0.25) is 13.9 Å². The lowest BCUT2D eigenvalue weighted by molar-refractivity contribution is -0.150. The number of hydrogen-bond donors (Lipinski definition) is 5. The molecule has 12 heteroatoms. The Hall–Kier alpha value is -0.310.